The molecule has 0 atom stereocenters. The summed E-state index contributed by atoms with van der Waals surface area (Å²) in [4.78, 5) is 21.8. The molecular formula is C23H22N4O2. The molecule has 6 heteroatoms. The monoisotopic (exact) mass is 386 g/mol. The highest BCUT2D eigenvalue weighted by molar-refractivity contribution is 6.05. The topological polar surface area (TPSA) is 69.9 Å². The van der Waals surface area contributed by atoms with Crippen LogP contribution in [0.25, 0.3) is 22.3 Å². The molecule has 6 nitrogen and oxygen atoms in total. The minimum absolute atomic E-state index is 0.345. The lowest BCUT2D eigenvalue weighted by Crippen LogP contribution is -2.09. The van der Waals surface area contributed by atoms with E-state index >= 15 is 0 Å². The van der Waals surface area contributed by atoms with Crippen LogP contribution in [0.4, 0.5) is 0 Å². The zero-order valence-corrected chi connectivity index (χ0v) is 16.5. The second kappa shape index (κ2) is 8.22. The van der Waals surface area contributed by atoms with Crippen molar-refractivity contribution in [1.29, 1.82) is 0 Å². The molecule has 0 bridgehead atoms. The molecule has 4 rings (SSSR count). The molecule has 0 aliphatic carbocycles. The summed E-state index contributed by atoms with van der Waals surface area (Å²) in [5.74, 6) is -0.350. The standard InChI is InChI=1S/C23H22N4O2/c1-16-21-19(23(28)29-13-7-9-17-8-6-12-24-15-17)14-20(18-10-4-3-5-11-18)25-22(21)27(2)26-16/h3-6,8,10-12,14-15H,7,9,13H2,1-2H3. The van der Waals surface area contributed by atoms with Crippen molar-refractivity contribution in [3.05, 3.63) is 77.7 Å². The molecule has 3 aromatic heterocycles. The van der Waals surface area contributed by atoms with Crippen molar-refractivity contribution in [2.75, 3.05) is 6.61 Å². The van der Waals surface area contributed by atoms with Gasteiger partial charge in [0.05, 0.1) is 28.9 Å². The van der Waals surface area contributed by atoms with E-state index in [-0.39, 0.29) is 5.97 Å². The Kier molecular flexibility index (Phi) is 5.33. The molecule has 4 aromatic rings. The number of benzene rings is 1. The number of carbonyl (C=O) groups is 1. The van der Waals surface area contributed by atoms with E-state index in [0.29, 0.717) is 17.8 Å². The summed E-state index contributed by atoms with van der Waals surface area (Å²) in [5, 5.41) is 5.18. The highest BCUT2D eigenvalue weighted by Gasteiger charge is 2.20. The lowest BCUT2D eigenvalue weighted by Gasteiger charge is -2.09. The van der Waals surface area contributed by atoms with Gasteiger partial charge in [-0.2, -0.15) is 5.10 Å². The molecule has 0 radical (unpaired) electrons. The van der Waals surface area contributed by atoms with E-state index in [0.717, 1.165) is 40.7 Å². The second-order valence-electron chi connectivity index (χ2n) is 6.93. The smallest absolute Gasteiger partial charge is 0.339 e. The number of carbonyl (C=O) groups excluding carboxylic acids is 1. The van der Waals surface area contributed by atoms with Gasteiger partial charge in [-0.3, -0.25) is 9.67 Å². The molecule has 0 fully saturated rings. The third kappa shape index (κ3) is 4.01. The predicted molar refractivity (Wildman–Crippen MR) is 112 cm³/mol. The van der Waals surface area contributed by atoms with Gasteiger partial charge in [0, 0.05) is 25.0 Å². The Morgan fingerprint density at radius 2 is 1.97 bits per heavy atom. The Bertz CT molecular complexity index is 1140. The van der Waals surface area contributed by atoms with Crippen molar-refractivity contribution in [1.82, 2.24) is 19.7 Å². The van der Waals surface area contributed by atoms with Gasteiger partial charge in [0.1, 0.15) is 0 Å². The minimum atomic E-state index is -0.350. The molecular weight excluding hydrogens is 364 g/mol. The van der Waals surface area contributed by atoms with Crippen LogP contribution in [0.3, 0.4) is 0 Å². The van der Waals surface area contributed by atoms with E-state index in [2.05, 4.69) is 10.1 Å². The number of hydrogen-bond donors (Lipinski definition) is 0. The fourth-order valence-corrected chi connectivity index (χ4v) is 3.43. The van der Waals surface area contributed by atoms with Crippen LogP contribution in [0.1, 0.15) is 28.0 Å². The van der Waals surface area contributed by atoms with E-state index in [1.54, 1.807) is 16.9 Å². The van der Waals surface area contributed by atoms with Crippen LogP contribution in [0, 0.1) is 6.92 Å². The molecule has 1 aromatic carbocycles. The number of aromatic nitrogens is 4. The number of aryl methyl sites for hydroxylation is 3. The van der Waals surface area contributed by atoms with Gasteiger partial charge in [0.2, 0.25) is 0 Å². The van der Waals surface area contributed by atoms with Crippen LogP contribution in [0.5, 0.6) is 0 Å². The molecule has 0 amide bonds. The zero-order valence-electron chi connectivity index (χ0n) is 16.5. The first-order valence-corrected chi connectivity index (χ1v) is 9.59. The fourth-order valence-electron chi connectivity index (χ4n) is 3.43. The Morgan fingerprint density at radius 3 is 2.72 bits per heavy atom. The number of hydrogen-bond acceptors (Lipinski definition) is 5. The zero-order chi connectivity index (χ0) is 20.2. The summed E-state index contributed by atoms with van der Waals surface area (Å²) in [7, 11) is 1.83. The van der Waals surface area contributed by atoms with Gasteiger partial charge in [-0.25, -0.2) is 9.78 Å². The van der Waals surface area contributed by atoms with Crippen LogP contribution in [0.15, 0.2) is 60.9 Å². The maximum Gasteiger partial charge on any atom is 0.339 e. The SMILES string of the molecule is Cc1nn(C)c2nc(-c3ccccc3)cc(C(=O)OCCCc3cccnc3)c12. The molecule has 0 aliphatic heterocycles. The van der Waals surface area contributed by atoms with E-state index in [1.165, 1.54) is 0 Å². The largest absolute Gasteiger partial charge is 0.462 e. The highest BCUT2D eigenvalue weighted by atomic mass is 16.5. The predicted octanol–water partition coefficient (Wildman–Crippen LogP) is 4.13. The normalized spacial score (nSPS) is 11.0. The third-order valence-corrected chi connectivity index (χ3v) is 4.82. The Labute approximate surface area is 169 Å². The summed E-state index contributed by atoms with van der Waals surface area (Å²) in [6.07, 6.45) is 5.13. The van der Waals surface area contributed by atoms with Crippen LogP contribution in [-0.2, 0) is 18.2 Å². The van der Waals surface area contributed by atoms with Gasteiger partial charge >= 0.3 is 5.97 Å². The van der Waals surface area contributed by atoms with E-state index < -0.39 is 0 Å². The summed E-state index contributed by atoms with van der Waals surface area (Å²) in [5.41, 5.74) is 4.73. The Hall–Kier alpha value is -3.54. The highest BCUT2D eigenvalue weighted by Crippen LogP contribution is 2.27. The number of pyridine rings is 2. The van der Waals surface area contributed by atoms with Crippen LogP contribution in [0.2, 0.25) is 0 Å². The van der Waals surface area contributed by atoms with Gasteiger partial charge in [0.25, 0.3) is 0 Å². The van der Waals surface area contributed by atoms with Crippen LogP contribution in [-0.4, -0.2) is 32.3 Å². The Balaban J connectivity index is 1.59. The molecule has 29 heavy (non-hydrogen) atoms. The van der Waals surface area contributed by atoms with E-state index in [1.807, 2.05) is 62.6 Å². The van der Waals surface area contributed by atoms with Crippen molar-refractivity contribution < 1.29 is 9.53 Å². The molecule has 0 N–H and O–H groups in total. The maximum atomic E-state index is 12.9. The molecule has 0 unspecified atom stereocenters. The number of rotatable bonds is 6. The lowest BCUT2D eigenvalue weighted by atomic mass is 10.1. The summed E-state index contributed by atoms with van der Waals surface area (Å²) < 4.78 is 7.29. The molecule has 0 spiro atoms. The van der Waals surface area contributed by atoms with Crippen LogP contribution < -0.4 is 0 Å². The maximum absolute atomic E-state index is 12.9. The van der Waals surface area contributed by atoms with Crippen molar-refractivity contribution in [2.45, 2.75) is 19.8 Å². The van der Waals surface area contributed by atoms with Crippen LogP contribution >= 0.6 is 0 Å². The molecule has 3 heterocycles. The van der Waals surface area contributed by atoms with Gasteiger partial charge in [-0.1, -0.05) is 36.4 Å². The van der Waals surface area contributed by atoms with Crippen molar-refractivity contribution in [3.63, 3.8) is 0 Å². The first-order chi connectivity index (χ1) is 14.1. The molecule has 0 aliphatic rings. The first kappa shape index (κ1) is 18.8. The molecule has 0 saturated heterocycles. The van der Waals surface area contributed by atoms with Gasteiger partial charge < -0.3 is 4.74 Å². The van der Waals surface area contributed by atoms with Gasteiger partial charge in [-0.05, 0) is 37.5 Å². The number of fused-ring (bicyclic) bond motifs is 1. The first-order valence-electron chi connectivity index (χ1n) is 9.59. The summed E-state index contributed by atoms with van der Waals surface area (Å²) in [6, 6.07) is 15.5. The lowest BCUT2D eigenvalue weighted by molar-refractivity contribution is 0.0503. The Morgan fingerprint density at radius 1 is 1.14 bits per heavy atom. The average molecular weight is 386 g/mol. The average Bonchev–Trinajstić information content (AvgIpc) is 3.05. The van der Waals surface area contributed by atoms with Crippen molar-refractivity contribution in [2.24, 2.45) is 7.05 Å². The fraction of sp³-hybridized carbons (Fsp3) is 0.217. The minimum Gasteiger partial charge on any atom is -0.462 e. The summed E-state index contributed by atoms with van der Waals surface area (Å²) >= 11 is 0. The third-order valence-electron chi connectivity index (χ3n) is 4.82. The van der Waals surface area contributed by atoms with Crippen molar-refractivity contribution >= 4 is 17.0 Å². The molecule has 0 saturated carbocycles. The number of nitrogens with zero attached hydrogens (tertiary/aromatic N) is 4. The summed E-state index contributed by atoms with van der Waals surface area (Å²) in [6.45, 7) is 2.23. The van der Waals surface area contributed by atoms with E-state index in [9.17, 15) is 4.79 Å². The van der Waals surface area contributed by atoms with E-state index in [4.69, 9.17) is 9.72 Å². The number of ether oxygens (including phenoxy) is 1. The van der Waals surface area contributed by atoms with Gasteiger partial charge in [0.15, 0.2) is 5.65 Å². The molecule has 146 valence electrons. The van der Waals surface area contributed by atoms with Gasteiger partial charge in [-0.15, -0.1) is 0 Å². The second-order valence-corrected chi connectivity index (χ2v) is 6.93. The number of esters is 1. The quantitative estimate of drug-likeness (QED) is 0.368. The van der Waals surface area contributed by atoms with Crippen molar-refractivity contribution in [3.8, 4) is 11.3 Å².